The van der Waals surface area contributed by atoms with Crippen LogP contribution in [0.4, 0.5) is 4.39 Å². The number of imidazole rings is 1. The zero-order chi connectivity index (χ0) is 30.2. The molecule has 1 unspecified atom stereocenters. The number of H-pyrrole nitrogens is 1. The van der Waals surface area contributed by atoms with Gasteiger partial charge in [0.25, 0.3) is 11.8 Å². The summed E-state index contributed by atoms with van der Waals surface area (Å²) in [4.78, 5) is 36.4. The van der Waals surface area contributed by atoms with Crippen LogP contribution in [0.5, 0.6) is 23.0 Å². The number of nitrogens with one attached hydrogen (secondary N) is 2. The number of hydrogen-bond donors (Lipinski definition) is 2. The van der Waals surface area contributed by atoms with Gasteiger partial charge < -0.3 is 29.4 Å². The van der Waals surface area contributed by atoms with E-state index in [1.807, 2.05) is 65.6 Å². The van der Waals surface area contributed by atoms with Crippen LogP contribution in [0.15, 0.2) is 78.9 Å². The summed E-state index contributed by atoms with van der Waals surface area (Å²) in [5, 5.41) is 2.75. The maximum Gasteiger partial charge on any atom is 0.290 e. The van der Waals surface area contributed by atoms with Crippen LogP contribution in [0.3, 0.4) is 0 Å². The average molecular weight is 593 g/mol. The van der Waals surface area contributed by atoms with E-state index in [1.54, 1.807) is 7.11 Å². The number of amides is 2. The lowest BCUT2D eigenvalue weighted by Crippen LogP contribution is -2.41. The number of halogens is 1. The molecule has 2 amide bonds. The predicted molar refractivity (Wildman–Crippen MR) is 161 cm³/mol. The summed E-state index contributed by atoms with van der Waals surface area (Å²) in [5.74, 6) is 0.827. The van der Waals surface area contributed by atoms with E-state index < -0.39 is 17.8 Å². The van der Waals surface area contributed by atoms with Gasteiger partial charge >= 0.3 is 0 Å². The van der Waals surface area contributed by atoms with E-state index in [9.17, 15) is 14.0 Å². The van der Waals surface area contributed by atoms with E-state index in [0.29, 0.717) is 42.4 Å². The summed E-state index contributed by atoms with van der Waals surface area (Å²) in [6.45, 7) is 0.982. The fourth-order valence-corrected chi connectivity index (χ4v) is 5.84. The summed E-state index contributed by atoms with van der Waals surface area (Å²) >= 11 is 0. The van der Waals surface area contributed by atoms with Crippen molar-refractivity contribution in [1.29, 1.82) is 0 Å². The number of methoxy groups -OCH3 is 1. The summed E-state index contributed by atoms with van der Waals surface area (Å²) in [7, 11) is 1.57. The molecule has 0 saturated heterocycles. The van der Waals surface area contributed by atoms with Gasteiger partial charge in [-0.05, 0) is 84.1 Å². The van der Waals surface area contributed by atoms with Crippen molar-refractivity contribution >= 4 is 22.8 Å². The molecule has 0 radical (unpaired) electrons. The van der Waals surface area contributed by atoms with E-state index in [0.717, 1.165) is 27.7 Å². The molecule has 2 N–H and O–H groups in total. The van der Waals surface area contributed by atoms with E-state index in [1.165, 1.54) is 18.2 Å². The number of para-hydroxylation sites is 2. The third-order valence-corrected chi connectivity index (χ3v) is 7.98. The Kier molecular flexibility index (Phi) is 7.09. The summed E-state index contributed by atoms with van der Waals surface area (Å²) in [6.07, 6.45) is 1.05. The second-order valence-electron chi connectivity index (χ2n) is 10.7. The maximum absolute atomic E-state index is 14.6. The van der Waals surface area contributed by atoms with Gasteiger partial charge in [-0.2, -0.15) is 0 Å². The van der Waals surface area contributed by atoms with Crippen molar-refractivity contribution in [1.82, 2.24) is 20.2 Å². The number of aromatic amines is 1. The van der Waals surface area contributed by atoms with Crippen LogP contribution in [0.2, 0.25) is 0 Å². The Hall–Kier alpha value is -5.38. The topological polar surface area (TPSA) is 106 Å². The van der Waals surface area contributed by atoms with Crippen molar-refractivity contribution in [2.45, 2.75) is 18.9 Å². The molecule has 3 aliphatic rings. The zero-order valence-electron chi connectivity index (χ0n) is 23.9. The van der Waals surface area contributed by atoms with E-state index >= 15 is 0 Å². The highest BCUT2D eigenvalue weighted by molar-refractivity contribution is 5.95. The first-order valence-corrected chi connectivity index (χ1v) is 14.4. The number of nitrogens with zero attached hydrogens (tertiary/aromatic N) is 2. The fraction of sp³-hybridized carbons (Fsp3) is 0.206. The number of carbonyl (C=O) groups is 2. The molecule has 5 aromatic rings. The Morgan fingerprint density at radius 2 is 1.89 bits per heavy atom. The zero-order valence-corrected chi connectivity index (χ0v) is 23.9. The molecular weight excluding hydrogens is 563 g/mol. The molecular formula is C34H29FN4O5. The molecule has 44 heavy (non-hydrogen) atoms. The number of aromatic nitrogens is 2. The number of ether oxygens (including phenoxy) is 3. The molecule has 1 aromatic heterocycles. The summed E-state index contributed by atoms with van der Waals surface area (Å²) in [6, 6.07) is 22.6. The summed E-state index contributed by atoms with van der Waals surface area (Å²) < 4.78 is 32.3. The van der Waals surface area contributed by atoms with Gasteiger partial charge in [-0.1, -0.05) is 24.3 Å². The lowest BCUT2D eigenvalue weighted by molar-refractivity contribution is 0.0683. The normalized spacial score (nSPS) is 16.4. The van der Waals surface area contributed by atoms with Gasteiger partial charge in [-0.3, -0.25) is 9.59 Å². The van der Waals surface area contributed by atoms with Crippen LogP contribution in [0.1, 0.15) is 50.1 Å². The first kappa shape index (κ1) is 27.5. The Morgan fingerprint density at radius 3 is 2.75 bits per heavy atom. The van der Waals surface area contributed by atoms with Crippen LogP contribution >= 0.6 is 0 Å². The van der Waals surface area contributed by atoms with E-state index in [4.69, 9.17) is 14.2 Å². The smallest absolute Gasteiger partial charge is 0.290 e. The van der Waals surface area contributed by atoms with Crippen LogP contribution in [-0.2, 0) is 6.42 Å². The Morgan fingerprint density at radius 1 is 1.05 bits per heavy atom. The first-order valence-electron chi connectivity index (χ1n) is 14.4. The van der Waals surface area contributed by atoms with Crippen molar-refractivity contribution in [2.75, 3.05) is 26.8 Å². The van der Waals surface area contributed by atoms with Crippen molar-refractivity contribution in [3.63, 3.8) is 0 Å². The lowest BCUT2D eigenvalue weighted by atomic mass is 9.87. The molecule has 8 bridgehead atoms. The number of carbonyl (C=O) groups excluding carboxylic acids is 2. The molecule has 4 heterocycles. The van der Waals surface area contributed by atoms with Crippen LogP contribution in [0, 0.1) is 5.82 Å². The molecule has 9 nitrogen and oxygen atoms in total. The number of fused-ring (bicyclic) bond motifs is 7. The molecule has 0 fully saturated rings. The highest BCUT2D eigenvalue weighted by Crippen LogP contribution is 2.41. The van der Waals surface area contributed by atoms with Crippen molar-refractivity contribution in [3.8, 4) is 23.0 Å². The molecule has 1 atom stereocenters. The standard InChI is InChI=1S/C34H29FN4O5/c1-42-29-12-7-21-18-30(29)43-16-4-14-36-33(40)25-19-23(9-11-26(25)35)44-22-8-10-24-20(17-22)13-15-39(31(21)24)34(41)32-37-27-5-2-3-6-28(27)38-32/h2-3,5-12,17-19,31H,4,13-16H2,1H3,(H,36,40)(H,37,38). The van der Waals surface area contributed by atoms with Gasteiger partial charge in [0.15, 0.2) is 17.3 Å². The second-order valence-corrected chi connectivity index (χ2v) is 10.7. The minimum atomic E-state index is -0.635. The summed E-state index contributed by atoms with van der Waals surface area (Å²) in [5.41, 5.74) is 4.19. The monoisotopic (exact) mass is 592 g/mol. The Balaban J connectivity index is 1.33. The van der Waals surface area contributed by atoms with Crippen molar-refractivity contribution in [3.05, 3.63) is 113 Å². The number of benzene rings is 4. The lowest BCUT2D eigenvalue weighted by Gasteiger charge is -2.37. The minimum Gasteiger partial charge on any atom is -0.493 e. The van der Waals surface area contributed by atoms with Gasteiger partial charge in [0.05, 0.1) is 36.4 Å². The first-order chi connectivity index (χ1) is 21.5. The molecule has 3 aliphatic heterocycles. The average Bonchev–Trinajstić information content (AvgIpc) is 3.48. The predicted octanol–water partition coefficient (Wildman–Crippen LogP) is 5.80. The molecule has 4 aromatic carbocycles. The van der Waals surface area contributed by atoms with Gasteiger partial charge in [0.1, 0.15) is 17.3 Å². The third-order valence-electron chi connectivity index (χ3n) is 7.98. The maximum atomic E-state index is 14.6. The van der Waals surface area contributed by atoms with E-state index in [-0.39, 0.29) is 30.4 Å². The SMILES string of the molecule is COc1ccc2cc1OCCCNC(=O)c1cc(ccc1F)Oc1ccc3c(c1)CCN(C(=O)c1nc4ccccc4[nH]1)C23. The molecule has 10 heteroatoms. The number of rotatable bonds is 2. The minimum absolute atomic E-state index is 0.100. The van der Waals surface area contributed by atoms with Gasteiger partial charge in [0.2, 0.25) is 0 Å². The fourth-order valence-electron chi connectivity index (χ4n) is 5.84. The second kappa shape index (κ2) is 11.4. The molecule has 8 rings (SSSR count). The number of hydrogen-bond acceptors (Lipinski definition) is 6. The third kappa shape index (κ3) is 5.08. The Labute approximate surface area is 252 Å². The highest BCUT2D eigenvalue weighted by atomic mass is 19.1. The van der Waals surface area contributed by atoms with Crippen molar-refractivity contribution < 1.29 is 28.2 Å². The Bertz CT molecular complexity index is 1870. The highest BCUT2D eigenvalue weighted by Gasteiger charge is 2.35. The van der Waals surface area contributed by atoms with Crippen LogP contribution in [0.25, 0.3) is 11.0 Å². The quantitative estimate of drug-likeness (QED) is 0.268. The largest absolute Gasteiger partial charge is 0.493 e. The molecule has 0 spiro atoms. The van der Waals surface area contributed by atoms with E-state index in [2.05, 4.69) is 15.3 Å². The van der Waals surface area contributed by atoms with Crippen molar-refractivity contribution in [2.24, 2.45) is 0 Å². The van der Waals surface area contributed by atoms with Crippen LogP contribution in [-0.4, -0.2) is 53.5 Å². The molecule has 222 valence electrons. The van der Waals surface area contributed by atoms with Crippen LogP contribution < -0.4 is 19.5 Å². The molecule has 0 saturated carbocycles. The van der Waals surface area contributed by atoms with Gasteiger partial charge in [0, 0.05) is 13.1 Å². The van der Waals surface area contributed by atoms with Gasteiger partial charge in [-0.25, -0.2) is 9.37 Å². The van der Waals surface area contributed by atoms with Gasteiger partial charge in [-0.15, -0.1) is 0 Å². The molecule has 0 aliphatic carbocycles.